The third-order valence-electron chi connectivity index (χ3n) is 3.13. The Bertz CT molecular complexity index is 554. The van der Waals surface area contributed by atoms with Crippen molar-refractivity contribution in [3.63, 3.8) is 0 Å². The van der Waals surface area contributed by atoms with Crippen LogP contribution in [0.2, 0.25) is 5.02 Å². The van der Waals surface area contributed by atoms with Crippen molar-refractivity contribution in [2.24, 2.45) is 0 Å². The van der Waals surface area contributed by atoms with Crippen LogP contribution in [-0.4, -0.2) is 7.11 Å². The minimum absolute atomic E-state index is 0.730. The molecule has 0 bridgehead atoms. The molecule has 19 heavy (non-hydrogen) atoms. The normalized spacial score (nSPS) is 10.5. The van der Waals surface area contributed by atoms with Gasteiger partial charge in [0.25, 0.3) is 0 Å². The Morgan fingerprint density at radius 3 is 2.53 bits per heavy atom. The van der Waals surface area contributed by atoms with E-state index in [0.29, 0.717) is 0 Å². The van der Waals surface area contributed by atoms with Crippen molar-refractivity contribution < 1.29 is 4.74 Å². The van der Waals surface area contributed by atoms with Gasteiger partial charge in [0.2, 0.25) is 0 Å². The minimum Gasteiger partial charge on any atom is -0.496 e. The average Bonchev–Trinajstić information content (AvgIpc) is 2.41. The Hall–Kier alpha value is -1.51. The highest BCUT2D eigenvalue weighted by molar-refractivity contribution is 6.30. The fraction of sp³-hybridized carbons (Fsp3) is 0.250. The summed E-state index contributed by atoms with van der Waals surface area (Å²) in [5.74, 6) is 0.863. The Morgan fingerprint density at radius 1 is 1.05 bits per heavy atom. The molecule has 2 aromatic rings. The number of ether oxygens (including phenoxy) is 1. The van der Waals surface area contributed by atoms with Crippen LogP contribution in [0.4, 0.5) is 0 Å². The van der Waals surface area contributed by atoms with Crippen molar-refractivity contribution in [3.8, 4) is 5.75 Å². The number of hydrogen-bond acceptors (Lipinski definition) is 2. The van der Waals surface area contributed by atoms with Gasteiger partial charge < -0.3 is 10.1 Å². The molecule has 0 aliphatic carbocycles. The highest BCUT2D eigenvalue weighted by atomic mass is 35.5. The summed E-state index contributed by atoms with van der Waals surface area (Å²) >= 11 is 6.01. The summed E-state index contributed by atoms with van der Waals surface area (Å²) in [4.78, 5) is 0. The van der Waals surface area contributed by atoms with E-state index < -0.39 is 0 Å². The smallest absolute Gasteiger partial charge is 0.123 e. The predicted molar refractivity (Wildman–Crippen MR) is 79.7 cm³/mol. The monoisotopic (exact) mass is 275 g/mol. The van der Waals surface area contributed by atoms with Crippen molar-refractivity contribution >= 4 is 11.6 Å². The standard InChI is InChI=1S/C16H18ClNO/c1-12-5-3-4-6-13(12)10-18-11-14-9-15(17)7-8-16(14)19-2/h3-9,18H,10-11H2,1-2H3. The molecule has 0 heterocycles. The number of rotatable bonds is 5. The van der Waals surface area contributed by atoms with E-state index in [9.17, 15) is 0 Å². The van der Waals surface area contributed by atoms with Crippen LogP contribution < -0.4 is 10.1 Å². The van der Waals surface area contributed by atoms with Gasteiger partial charge >= 0.3 is 0 Å². The molecule has 0 spiro atoms. The van der Waals surface area contributed by atoms with Gasteiger partial charge in [0, 0.05) is 23.7 Å². The maximum atomic E-state index is 6.01. The lowest BCUT2D eigenvalue weighted by molar-refractivity contribution is 0.407. The molecule has 2 aromatic carbocycles. The molecule has 0 unspecified atom stereocenters. The Labute approximate surface area is 119 Å². The largest absolute Gasteiger partial charge is 0.496 e. The zero-order valence-electron chi connectivity index (χ0n) is 11.2. The predicted octanol–water partition coefficient (Wildman–Crippen LogP) is 3.95. The number of nitrogens with one attached hydrogen (secondary N) is 1. The first-order chi connectivity index (χ1) is 9.20. The molecular weight excluding hydrogens is 258 g/mol. The molecule has 100 valence electrons. The van der Waals surface area contributed by atoms with Crippen LogP contribution in [0.15, 0.2) is 42.5 Å². The highest BCUT2D eigenvalue weighted by Gasteiger charge is 2.04. The fourth-order valence-corrected chi connectivity index (χ4v) is 2.22. The van der Waals surface area contributed by atoms with E-state index in [1.807, 2.05) is 18.2 Å². The summed E-state index contributed by atoms with van der Waals surface area (Å²) < 4.78 is 5.33. The number of aryl methyl sites for hydroxylation is 1. The molecule has 2 rings (SSSR count). The first-order valence-corrected chi connectivity index (χ1v) is 6.66. The number of halogens is 1. The quantitative estimate of drug-likeness (QED) is 0.892. The second-order valence-electron chi connectivity index (χ2n) is 4.49. The summed E-state index contributed by atoms with van der Waals surface area (Å²) in [5.41, 5.74) is 3.68. The minimum atomic E-state index is 0.730. The van der Waals surface area contributed by atoms with Crippen LogP contribution in [0.1, 0.15) is 16.7 Å². The van der Waals surface area contributed by atoms with E-state index in [0.717, 1.165) is 29.4 Å². The number of benzene rings is 2. The van der Waals surface area contributed by atoms with Crippen molar-refractivity contribution in [2.75, 3.05) is 7.11 Å². The SMILES string of the molecule is COc1ccc(Cl)cc1CNCc1ccccc1C. The van der Waals surface area contributed by atoms with Gasteiger partial charge in [0.15, 0.2) is 0 Å². The summed E-state index contributed by atoms with van der Waals surface area (Å²) in [6, 6.07) is 14.0. The maximum Gasteiger partial charge on any atom is 0.123 e. The van der Waals surface area contributed by atoms with E-state index in [4.69, 9.17) is 16.3 Å². The molecule has 3 heteroatoms. The van der Waals surface area contributed by atoms with Crippen molar-refractivity contribution in [2.45, 2.75) is 20.0 Å². The Balaban J connectivity index is 2.00. The molecule has 0 amide bonds. The van der Waals surface area contributed by atoms with E-state index >= 15 is 0 Å². The molecule has 0 atom stereocenters. The van der Waals surface area contributed by atoms with Crippen LogP contribution in [0.5, 0.6) is 5.75 Å². The second kappa shape index (κ2) is 6.60. The molecule has 0 saturated heterocycles. The van der Waals surface area contributed by atoms with E-state index in [1.165, 1.54) is 11.1 Å². The summed E-state index contributed by atoms with van der Waals surface area (Å²) in [6.45, 7) is 3.69. The van der Waals surface area contributed by atoms with Crippen LogP contribution >= 0.6 is 11.6 Å². The van der Waals surface area contributed by atoms with Gasteiger partial charge in [-0.25, -0.2) is 0 Å². The van der Waals surface area contributed by atoms with E-state index in [1.54, 1.807) is 7.11 Å². The molecule has 0 aromatic heterocycles. The van der Waals surface area contributed by atoms with Gasteiger partial charge in [-0.15, -0.1) is 0 Å². The molecule has 0 aliphatic rings. The first-order valence-electron chi connectivity index (χ1n) is 6.28. The van der Waals surface area contributed by atoms with Crippen LogP contribution in [0.25, 0.3) is 0 Å². The van der Waals surface area contributed by atoms with Crippen LogP contribution in [0, 0.1) is 6.92 Å². The zero-order chi connectivity index (χ0) is 13.7. The Morgan fingerprint density at radius 2 is 1.79 bits per heavy atom. The van der Waals surface area contributed by atoms with Crippen molar-refractivity contribution in [1.82, 2.24) is 5.32 Å². The van der Waals surface area contributed by atoms with Gasteiger partial charge in [-0.05, 0) is 36.2 Å². The topological polar surface area (TPSA) is 21.3 Å². The second-order valence-corrected chi connectivity index (χ2v) is 4.92. The molecule has 2 nitrogen and oxygen atoms in total. The fourth-order valence-electron chi connectivity index (χ4n) is 2.03. The van der Waals surface area contributed by atoms with E-state index in [-0.39, 0.29) is 0 Å². The molecule has 0 aliphatic heterocycles. The lowest BCUT2D eigenvalue weighted by atomic mass is 10.1. The number of methoxy groups -OCH3 is 1. The van der Waals surface area contributed by atoms with Gasteiger partial charge in [0.05, 0.1) is 7.11 Å². The molecule has 0 fully saturated rings. The molecule has 0 saturated carbocycles. The van der Waals surface area contributed by atoms with Crippen molar-refractivity contribution in [3.05, 3.63) is 64.2 Å². The highest BCUT2D eigenvalue weighted by Crippen LogP contribution is 2.22. The molecule has 0 radical (unpaired) electrons. The average molecular weight is 276 g/mol. The lowest BCUT2D eigenvalue weighted by Crippen LogP contribution is -2.14. The van der Waals surface area contributed by atoms with Gasteiger partial charge in [-0.3, -0.25) is 0 Å². The van der Waals surface area contributed by atoms with Crippen LogP contribution in [0.3, 0.4) is 0 Å². The summed E-state index contributed by atoms with van der Waals surface area (Å²) in [6.07, 6.45) is 0. The summed E-state index contributed by atoms with van der Waals surface area (Å²) in [7, 11) is 1.67. The lowest BCUT2D eigenvalue weighted by Gasteiger charge is -2.11. The molecule has 1 N–H and O–H groups in total. The third-order valence-corrected chi connectivity index (χ3v) is 3.37. The van der Waals surface area contributed by atoms with Crippen LogP contribution in [-0.2, 0) is 13.1 Å². The zero-order valence-corrected chi connectivity index (χ0v) is 12.0. The van der Waals surface area contributed by atoms with Crippen molar-refractivity contribution in [1.29, 1.82) is 0 Å². The maximum absolute atomic E-state index is 6.01. The van der Waals surface area contributed by atoms with Gasteiger partial charge in [-0.1, -0.05) is 35.9 Å². The molecular formula is C16H18ClNO. The van der Waals surface area contributed by atoms with Gasteiger partial charge in [0.1, 0.15) is 5.75 Å². The Kier molecular flexibility index (Phi) is 4.83. The van der Waals surface area contributed by atoms with Gasteiger partial charge in [-0.2, -0.15) is 0 Å². The van der Waals surface area contributed by atoms with E-state index in [2.05, 4.69) is 36.5 Å². The first kappa shape index (κ1) is 13.9. The third kappa shape index (κ3) is 3.72. The number of hydrogen-bond donors (Lipinski definition) is 1. The summed E-state index contributed by atoms with van der Waals surface area (Å²) in [5, 5.41) is 4.15.